The van der Waals surface area contributed by atoms with Gasteiger partial charge >= 0.3 is 10.4 Å². The van der Waals surface area contributed by atoms with Crippen molar-refractivity contribution in [2.24, 2.45) is 5.92 Å². The molecule has 1 heterocycles. The highest BCUT2D eigenvalue weighted by atomic mass is 32.3. The number of hydrogen-bond acceptors (Lipinski definition) is 4. The quantitative estimate of drug-likeness (QED) is 0.666. The van der Waals surface area contributed by atoms with Crippen LogP contribution in [0.5, 0.6) is 0 Å². The van der Waals surface area contributed by atoms with Crippen molar-refractivity contribution in [1.82, 2.24) is 0 Å². The summed E-state index contributed by atoms with van der Waals surface area (Å²) in [6.45, 7) is 2.74. The first-order chi connectivity index (χ1) is 6.64. The fourth-order valence-electron chi connectivity index (χ4n) is 1.47. The molecule has 0 aromatic heterocycles. The largest absolute Gasteiger partial charge is 0.399 e. The summed E-state index contributed by atoms with van der Waals surface area (Å²) >= 11 is 0. The van der Waals surface area contributed by atoms with E-state index >= 15 is 0 Å². The molecule has 1 saturated heterocycles. The van der Waals surface area contributed by atoms with Gasteiger partial charge in [-0.2, -0.15) is 8.42 Å². The smallest absolute Gasteiger partial charge is 0.248 e. The molecule has 0 unspecified atom stereocenters. The van der Waals surface area contributed by atoms with Gasteiger partial charge in [0.15, 0.2) is 0 Å². The van der Waals surface area contributed by atoms with Crippen LogP contribution in [0.25, 0.3) is 0 Å². The Kier molecular flexibility index (Phi) is 4.84. The highest BCUT2D eigenvalue weighted by Gasteiger charge is 2.24. The molecule has 1 aliphatic rings. The molecule has 0 aromatic carbocycles. The Hall–Kier alpha value is -0.130. The van der Waals surface area contributed by atoms with Gasteiger partial charge in [-0.3, -0.25) is 0 Å². The lowest BCUT2D eigenvalue weighted by atomic mass is 10.0. The Balaban J connectivity index is 2.10. The minimum atomic E-state index is -3.65. The van der Waals surface area contributed by atoms with Crippen LogP contribution in [0, 0.1) is 5.92 Å². The fraction of sp³-hybridized carbons (Fsp3) is 1.00. The standard InChI is InChI=1S/C9H18O4S/c1-2-3-4-5-6-9-7-12-14(10,11)13-8-9/h9H,2-8H2,1H3. The first-order valence-corrected chi connectivity index (χ1v) is 6.51. The van der Waals surface area contributed by atoms with E-state index in [-0.39, 0.29) is 19.1 Å². The summed E-state index contributed by atoms with van der Waals surface area (Å²) in [5.74, 6) is 0.246. The van der Waals surface area contributed by atoms with Crippen molar-refractivity contribution in [3.63, 3.8) is 0 Å². The zero-order valence-corrected chi connectivity index (χ0v) is 9.38. The van der Waals surface area contributed by atoms with Crippen LogP contribution in [-0.4, -0.2) is 21.6 Å². The molecule has 4 nitrogen and oxygen atoms in total. The number of hydrogen-bond donors (Lipinski definition) is 0. The van der Waals surface area contributed by atoms with E-state index in [4.69, 9.17) is 0 Å². The number of unbranched alkanes of at least 4 members (excludes halogenated alkanes) is 3. The van der Waals surface area contributed by atoms with E-state index < -0.39 is 10.4 Å². The second kappa shape index (κ2) is 5.68. The minimum Gasteiger partial charge on any atom is -0.248 e. The van der Waals surface area contributed by atoms with Crippen LogP contribution >= 0.6 is 0 Å². The second-order valence-electron chi connectivity index (χ2n) is 3.69. The van der Waals surface area contributed by atoms with E-state index in [1.54, 1.807) is 0 Å². The molecule has 0 atom stereocenters. The monoisotopic (exact) mass is 222 g/mol. The van der Waals surface area contributed by atoms with Crippen molar-refractivity contribution in [1.29, 1.82) is 0 Å². The average Bonchev–Trinajstić information content (AvgIpc) is 2.15. The van der Waals surface area contributed by atoms with Crippen LogP contribution in [0.15, 0.2) is 0 Å². The van der Waals surface area contributed by atoms with Crippen LogP contribution in [0.3, 0.4) is 0 Å². The van der Waals surface area contributed by atoms with Crippen LogP contribution in [0.2, 0.25) is 0 Å². The molecule has 0 radical (unpaired) electrons. The normalized spacial score (nSPS) is 22.4. The first kappa shape index (κ1) is 11.9. The summed E-state index contributed by atoms with van der Waals surface area (Å²) in [6, 6.07) is 0. The Morgan fingerprint density at radius 1 is 1.14 bits per heavy atom. The third kappa shape index (κ3) is 4.39. The summed E-state index contributed by atoms with van der Waals surface area (Å²) in [6.07, 6.45) is 5.79. The summed E-state index contributed by atoms with van der Waals surface area (Å²) in [7, 11) is -3.65. The molecule has 84 valence electrons. The summed E-state index contributed by atoms with van der Waals surface area (Å²) < 4.78 is 30.6. The summed E-state index contributed by atoms with van der Waals surface area (Å²) in [5.41, 5.74) is 0. The summed E-state index contributed by atoms with van der Waals surface area (Å²) in [4.78, 5) is 0. The van der Waals surface area contributed by atoms with Crippen molar-refractivity contribution >= 4 is 10.4 Å². The van der Waals surface area contributed by atoms with E-state index in [1.165, 1.54) is 19.3 Å². The van der Waals surface area contributed by atoms with Gasteiger partial charge in [0.2, 0.25) is 0 Å². The predicted molar refractivity (Wildman–Crippen MR) is 53.1 cm³/mol. The fourth-order valence-corrected chi connectivity index (χ4v) is 2.25. The van der Waals surface area contributed by atoms with E-state index in [0.29, 0.717) is 0 Å². The number of rotatable bonds is 5. The third-order valence-electron chi connectivity index (χ3n) is 2.36. The first-order valence-electron chi connectivity index (χ1n) is 5.18. The molecule has 0 N–H and O–H groups in total. The van der Waals surface area contributed by atoms with Crippen LogP contribution < -0.4 is 0 Å². The van der Waals surface area contributed by atoms with Gasteiger partial charge in [0, 0.05) is 5.92 Å². The lowest BCUT2D eigenvalue weighted by Crippen LogP contribution is -2.28. The summed E-state index contributed by atoms with van der Waals surface area (Å²) in [5, 5.41) is 0. The van der Waals surface area contributed by atoms with E-state index in [9.17, 15) is 8.42 Å². The average molecular weight is 222 g/mol. The van der Waals surface area contributed by atoms with Crippen molar-refractivity contribution in [3.05, 3.63) is 0 Å². The molecule has 1 aliphatic heterocycles. The van der Waals surface area contributed by atoms with Gasteiger partial charge in [0.05, 0.1) is 13.2 Å². The van der Waals surface area contributed by atoms with Gasteiger partial charge in [-0.1, -0.05) is 32.6 Å². The molecule has 0 aromatic rings. The molecule has 14 heavy (non-hydrogen) atoms. The lowest BCUT2D eigenvalue weighted by Gasteiger charge is -2.21. The molecule has 0 aliphatic carbocycles. The van der Waals surface area contributed by atoms with Crippen LogP contribution in [0.4, 0.5) is 0 Å². The molecule has 0 amide bonds. The van der Waals surface area contributed by atoms with Gasteiger partial charge in [-0.05, 0) is 6.42 Å². The maximum atomic E-state index is 10.7. The molecule has 0 saturated carbocycles. The molecule has 0 spiro atoms. The third-order valence-corrected chi connectivity index (χ3v) is 3.21. The van der Waals surface area contributed by atoms with Gasteiger partial charge < -0.3 is 0 Å². The molecule has 0 bridgehead atoms. The van der Waals surface area contributed by atoms with Gasteiger partial charge in [-0.25, -0.2) is 8.37 Å². The zero-order valence-electron chi connectivity index (χ0n) is 8.57. The highest BCUT2D eigenvalue weighted by molar-refractivity contribution is 7.81. The van der Waals surface area contributed by atoms with E-state index in [2.05, 4.69) is 15.3 Å². The van der Waals surface area contributed by atoms with Crippen molar-refractivity contribution in [2.75, 3.05) is 13.2 Å². The Bertz CT molecular complexity index is 234. The second-order valence-corrected chi connectivity index (χ2v) is 4.98. The SMILES string of the molecule is CCCCCCC1COS(=O)(=O)OC1. The Morgan fingerprint density at radius 2 is 1.79 bits per heavy atom. The molecular formula is C9H18O4S. The van der Waals surface area contributed by atoms with Gasteiger partial charge in [0.25, 0.3) is 0 Å². The van der Waals surface area contributed by atoms with Crippen molar-refractivity contribution in [2.45, 2.75) is 39.0 Å². The van der Waals surface area contributed by atoms with Gasteiger partial charge in [-0.15, -0.1) is 0 Å². The van der Waals surface area contributed by atoms with Gasteiger partial charge in [0.1, 0.15) is 0 Å². The Morgan fingerprint density at radius 3 is 2.36 bits per heavy atom. The van der Waals surface area contributed by atoms with Crippen LogP contribution in [0.1, 0.15) is 39.0 Å². The topological polar surface area (TPSA) is 52.6 Å². The predicted octanol–water partition coefficient (Wildman–Crippen LogP) is 1.86. The highest BCUT2D eigenvalue weighted by Crippen LogP contribution is 2.18. The van der Waals surface area contributed by atoms with Crippen molar-refractivity contribution in [3.8, 4) is 0 Å². The van der Waals surface area contributed by atoms with Crippen LogP contribution in [-0.2, 0) is 18.8 Å². The zero-order chi connectivity index (χ0) is 10.4. The maximum absolute atomic E-state index is 10.7. The maximum Gasteiger partial charge on any atom is 0.399 e. The Labute approximate surface area is 85.9 Å². The minimum absolute atomic E-state index is 0.246. The lowest BCUT2D eigenvalue weighted by molar-refractivity contribution is 0.0965. The van der Waals surface area contributed by atoms with Crippen molar-refractivity contribution < 1.29 is 16.8 Å². The van der Waals surface area contributed by atoms with E-state index in [0.717, 1.165) is 12.8 Å². The molecule has 5 heteroatoms. The molecule has 1 fully saturated rings. The van der Waals surface area contributed by atoms with E-state index in [1.807, 2.05) is 0 Å². The molecular weight excluding hydrogens is 204 g/mol. The molecule has 1 rings (SSSR count).